The van der Waals surface area contributed by atoms with E-state index in [-0.39, 0.29) is 11.2 Å². The van der Waals surface area contributed by atoms with Gasteiger partial charge in [-0.1, -0.05) is 20.8 Å². The van der Waals surface area contributed by atoms with Crippen molar-refractivity contribution in [1.29, 1.82) is 0 Å². The molecule has 0 radical (unpaired) electrons. The van der Waals surface area contributed by atoms with Crippen molar-refractivity contribution < 1.29 is 4.74 Å². The molecule has 0 saturated carbocycles. The number of ether oxygens (including phenoxy) is 1. The van der Waals surface area contributed by atoms with E-state index in [4.69, 9.17) is 4.74 Å². The van der Waals surface area contributed by atoms with Crippen molar-refractivity contribution in [2.75, 3.05) is 26.7 Å². The molecule has 114 valence electrons. The first kappa shape index (κ1) is 16.9. The number of hydrogen-bond donors (Lipinski definition) is 1. The van der Waals surface area contributed by atoms with E-state index in [0.717, 1.165) is 19.6 Å². The van der Waals surface area contributed by atoms with Gasteiger partial charge in [-0.15, -0.1) is 0 Å². The third kappa shape index (κ3) is 5.41. The molecule has 3 nitrogen and oxygen atoms in total. The van der Waals surface area contributed by atoms with Crippen molar-refractivity contribution in [3.05, 3.63) is 0 Å². The molecule has 3 heteroatoms. The van der Waals surface area contributed by atoms with Crippen molar-refractivity contribution in [2.45, 2.75) is 72.1 Å². The molecular weight excluding hydrogens is 236 g/mol. The van der Waals surface area contributed by atoms with E-state index in [1.165, 1.54) is 6.42 Å². The maximum Gasteiger partial charge on any atom is 0.0760 e. The lowest BCUT2D eigenvalue weighted by molar-refractivity contribution is -0.180. The second-order valence-electron chi connectivity index (χ2n) is 8.33. The Labute approximate surface area is 120 Å². The van der Waals surface area contributed by atoms with E-state index in [9.17, 15) is 0 Å². The van der Waals surface area contributed by atoms with Gasteiger partial charge in [0.05, 0.1) is 11.2 Å². The molecular formula is C16H34N2O. The van der Waals surface area contributed by atoms with Crippen molar-refractivity contribution in [3.63, 3.8) is 0 Å². The summed E-state index contributed by atoms with van der Waals surface area (Å²) in [5, 5.41) is 3.47. The van der Waals surface area contributed by atoms with Gasteiger partial charge in [-0.25, -0.2) is 0 Å². The van der Waals surface area contributed by atoms with Gasteiger partial charge in [0.2, 0.25) is 0 Å². The molecule has 1 aliphatic heterocycles. The lowest BCUT2D eigenvalue weighted by atomic mass is 9.84. The fourth-order valence-corrected chi connectivity index (χ4v) is 3.43. The summed E-state index contributed by atoms with van der Waals surface area (Å²) >= 11 is 0. The fraction of sp³-hybridized carbons (Fsp3) is 1.00. The molecule has 0 amide bonds. The topological polar surface area (TPSA) is 24.5 Å². The smallest absolute Gasteiger partial charge is 0.0760 e. The molecule has 19 heavy (non-hydrogen) atoms. The predicted octanol–water partition coefficient (Wildman–Crippen LogP) is 2.90. The summed E-state index contributed by atoms with van der Waals surface area (Å²) in [5.74, 6) is 0. The van der Waals surface area contributed by atoms with Gasteiger partial charge in [-0.05, 0) is 53.1 Å². The first-order valence-electron chi connectivity index (χ1n) is 7.55. The van der Waals surface area contributed by atoms with Crippen LogP contribution in [0.2, 0.25) is 0 Å². The van der Waals surface area contributed by atoms with Gasteiger partial charge >= 0.3 is 0 Å². The molecule has 1 heterocycles. The number of rotatable bonds is 4. The van der Waals surface area contributed by atoms with Crippen LogP contribution in [0.5, 0.6) is 0 Å². The lowest BCUT2D eigenvalue weighted by Crippen LogP contribution is -2.57. The maximum absolute atomic E-state index is 6.13. The quantitative estimate of drug-likeness (QED) is 0.850. The van der Waals surface area contributed by atoms with Crippen LogP contribution < -0.4 is 5.32 Å². The first-order valence-corrected chi connectivity index (χ1v) is 7.55. The van der Waals surface area contributed by atoms with Gasteiger partial charge in [-0.3, -0.25) is 4.90 Å². The van der Waals surface area contributed by atoms with E-state index in [1.54, 1.807) is 0 Å². The van der Waals surface area contributed by atoms with E-state index in [0.29, 0.717) is 11.5 Å². The van der Waals surface area contributed by atoms with Gasteiger partial charge in [0, 0.05) is 19.1 Å². The SMILES string of the molecule is CNC(CCN1CC(C)(C)OC(C)(C)C1)C(C)(C)C. The number of morpholine rings is 1. The fourth-order valence-electron chi connectivity index (χ4n) is 3.43. The van der Waals surface area contributed by atoms with Crippen LogP contribution in [-0.4, -0.2) is 48.8 Å². The van der Waals surface area contributed by atoms with Crippen LogP contribution in [-0.2, 0) is 4.74 Å². The molecule has 1 unspecified atom stereocenters. The van der Waals surface area contributed by atoms with Crippen LogP contribution in [0.15, 0.2) is 0 Å². The molecule has 0 aliphatic carbocycles. The minimum atomic E-state index is -0.0430. The molecule has 0 spiro atoms. The number of hydrogen-bond acceptors (Lipinski definition) is 3. The largest absolute Gasteiger partial charge is 0.367 e. The van der Waals surface area contributed by atoms with Gasteiger partial charge < -0.3 is 10.1 Å². The molecule has 1 saturated heterocycles. The summed E-state index contributed by atoms with van der Waals surface area (Å²) in [6.45, 7) is 18.9. The van der Waals surface area contributed by atoms with Crippen molar-refractivity contribution in [2.24, 2.45) is 5.41 Å². The zero-order chi connectivity index (χ0) is 14.9. The Morgan fingerprint density at radius 3 is 1.95 bits per heavy atom. The average molecular weight is 270 g/mol. The Hall–Kier alpha value is -0.120. The Balaban J connectivity index is 2.57. The highest BCUT2D eigenvalue weighted by atomic mass is 16.5. The van der Waals surface area contributed by atoms with Crippen molar-refractivity contribution in [3.8, 4) is 0 Å². The van der Waals surface area contributed by atoms with Crippen LogP contribution >= 0.6 is 0 Å². The Bertz CT molecular complexity index is 276. The monoisotopic (exact) mass is 270 g/mol. The molecule has 1 atom stereocenters. The van der Waals surface area contributed by atoms with E-state index in [2.05, 4.69) is 65.7 Å². The highest BCUT2D eigenvalue weighted by Gasteiger charge is 2.38. The van der Waals surface area contributed by atoms with E-state index >= 15 is 0 Å². The molecule has 0 aromatic carbocycles. The standard InChI is InChI=1S/C16H34N2O/c1-14(2,3)13(17-8)9-10-18-11-15(4,5)19-16(6,7)12-18/h13,17H,9-12H2,1-8H3. The van der Waals surface area contributed by atoms with Crippen molar-refractivity contribution in [1.82, 2.24) is 10.2 Å². The van der Waals surface area contributed by atoms with Crippen LogP contribution in [0.1, 0.15) is 54.9 Å². The predicted molar refractivity (Wildman–Crippen MR) is 82.6 cm³/mol. The van der Waals surface area contributed by atoms with Crippen molar-refractivity contribution >= 4 is 0 Å². The number of nitrogens with zero attached hydrogens (tertiary/aromatic N) is 1. The number of nitrogens with one attached hydrogen (secondary N) is 1. The molecule has 1 aliphatic rings. The highest BCUT2D eigenvalue weighted by molar-refractivity contribution is 4.90. The highest BCUT2D eigenvalue weighted by Crippen LogP contribution is 2.29. The van der Waals surface area contributed by atoms with Gasteiger partial charge in [-0.2, -0.15) is 0 Å². The lowest BCUT2D eigenvalue weighted by Gasteiger charge is -2.47. The molecule has 1 fully saturated rings. The molecule has 0 bridgehead atoms. The third-order valence-corrected chi connectivity index (χ3v) is 3.89. The summed E-state index contributed by atoms with van der Waals surface area (Å²) in [7, 11) is 2.07. The normalized spacial score (nSPS) is 25.3. The molecule has 0 aromatic heterocycles. The van der Waals surface area contributed by atoms with Crippen LogP contribution in [0.4, 0.5) is 0 Å². The Morgan fingerprint density at radius 2 is 1.58 bits per heavy atom. The Kier molecular flexibility index (Phi) is 5.09. The second kappa shape index (κ2) is 5.71. The van der Waals surface area contributed by atoms with Crippen LogP contribution in [0.3, 0.4) is 0 Å². The minimum Gasteiger partial charge on any atom is -0.367 e. The zero-order valence-electron chi connectivity index (χ0n) is 14.3. The van der Waals surface area contributed by atoms with Gasteiger partial charge in [0.15, 0.2) is 0 Å². The van der Waals surface area contributed by atoms with Crippen LogP contribution in [0.25, 0.3) is 0 Å². The van der Waals surface area contributed by atoms with E-state index < -0.39 is 0 Å². The first-order chi connectivity index (χ1) is 8.45. The second-order valence-corrected chi connectivity index (χ2v) is 8.33. The zero-order valence-corrected chi connectivity index (χ0v) is 14.3. The summed E-state index contributed by atoms with van der Waals surface area (Å²) in [5.41, 5.74) is 0.226. The maximum atomic E-state index is 6.13. The Morgan fingerprint density at radius 1 is 1.11 bits per heavy atom. The molecule has 0 aromatic rings. The van der Waals surface area contributed by atoms with E-state index in [1.807, 2.05) is 0 Å². The third-order valence-electron chi connectivity index (χ3n) is 3.89. The van der Waals surface area contributed by atoms with Crippen LogP contribution in [0, 0.1) is 5.41 Å². The summed E-state index contributed by atoms with van der Waals surface area (Å²) < 4.78 is 6.13. The summed E-state index contributed by atoms with van der Waals surface area (Å²) in [6.07, 6.45) is 1.19. The summed E-state index contributed by atoms with van der Waals surface area (Å²) in [6, 6.07) is 0.557. The molecule has 1 N–H and O–H groups in total. The minimum absolute atomic E-state index is 0.0430. The summed E-state index contributed by atoms with van der Waals surface area (Å²) in [4.78, 5) is 2.56. The van der Waals surface area contributed by atoms with Gasteiger partial charge in [0.25, 0.3) is 0 Å². The molecule has 1 rings (SSSR count). The van der Waals surface area contributed by atoms with Gasteiger partial charge in [0.1, 0.15) is 0 Å². The average Bonchev–Trinajstić information content (AvgIpc) is 2.10.